The predicted molar refractivity (Wildman–Crippen MR) is 94.8 cm³/mol. The third kappa shape index (κ3) is 2.59. The van der Waals surface area contributed by atoms with E-state index in [0.717, 1.165) is 16.8 Å². The van der Waals surface area contributed by atoms with Gasteiger partial charge in [-0.2, -0.15) is 0 Å². The van der Waals surface area contributed by atoms with Crippen LogP contribution >= 0.6 is 11.6 Å². The summed E-state index contributed by atoms with van der Waals surface area (Å²) in [6.45, 7) is 6.50. The van der Waals surface area contributed by atoms with Gasteiger partial charge in [-0.3, -0.25) is 0 Å². The quantitative estimate of drug-likeness (QED) is 0.776. The first kappa shape index (κ1) is 15.0. The van der Waals surface area contributed by atoms with Gasteiger partial charge in [-0.1, -0.05) is 35.9 Å². The number of nitrogens with one attached hydrogen (secondary N) is 1. The molecule has 0 saturated heterocycles. The lowest BCUT2D eigenvalue weighted by atomic mass is 9.89. The summed E-state index contributed by atoms with van der Waals surface area (Å²) in [6, 6.07) is 12.3. The highest BCUT2D eigenvalue weighted by Gasteiger charge is 2.22. The van der Waals surface area contributed by atoms with Gasteiger partial charge in [-0.05, 0) is 50.1 Å². The minimum Gasteiger partial charge on any atom is -0.495 e. The normalized spacial score (nSPS) is 15.6. The fraction of sp³-hybridized carbons (Fsp3) is 0.263. The van der Waals surface area contributed by atoms with Crippen molar-refractivity contribution >= 4 is 22.9 Å². The highest BCUT2D eigenvalue weighted by Crippen LogP contribution is 2.39. The summed E-state index contributed by atoms with van der Waals surface area (Å²) in [5.41, 5.74) is 5.72. The molecule has 2 aromatic rings. The zero-order chi connectivity index (χ0) is 15.9. The van der Waals surface area contributed by atoms with Crippen molar-refractivity contribution in [3.05, 3.63) is 53.1 Å². The third-order valence-electron chi connectivity index (χ3n) is 3.97. The van der Waals surface area contributed by atoms with E-state index in [1.165, 1.54) is 11.1 Å². The first-order chi connectivity index (χ1) is 10.4. The first-order valence-electron chi connectivity index (χ1n) is 7.36. The molecular formula is C19H20ClNO. The second-order valence-electron chi connectivity index (χ2n) is 6.26. The monoisotopic (exact) mass is 313 g/mol. The summed E-state index contributed by atoms with van der Waals surface area (Å²) in [7, 11) is 1.64. The van der Waals surface area contributed by atoms with Crippen LogP contribution in [0, 0.1) is 0 Å². The van der Waals surface area contributed by atoms with Crippen LogP contribution in [0.5, 0.6) is 5.75 Å². The molecular weight excluding hydrogens is 294 g/mol. The number of ether oxygens (including phenoxy) is 1. The van der Waals surface area contributed by atoms with Crippen LogP contribution in [-0.2, 0) is 0 Å². The van der Waals surface area contributed by atoms with Gasteiger partial charge in [0.1, 0.15) is 5.75 Å². The standard InChI is InChI=1S/C19H20ClNO/c1-12-11-19(2,3)21-16-9-8-13(10-15(12)16)14-6-5-7-17(22-4)18(14)20/h5-11,21H,1-4H3. The fourth-order valence-electron chi connectivity index (χ4n) is 3.04. The zero-order valence-electron chi connectivity index (χ0n) is 13.3. The minimum atomic E-state index is -0.0216. The van der Waals surface area contributed by atoms with E-state index in [9.17, 15) is 0 Å². The molecule has 3 heteroatoms. The van der Waals surface area contributed by atoms with Crippen molar-refractivity contribution < 1.29 is 4.74 Å². The number of halogens is 1. The lowest BCUT2D eigenvalue weighted by Gasteiger charge is -2.31. The van der Waals surface area contributed by atoms with Crippen LogP contribution in [0.2, 0.25) is 5.02 Å². The van der Waals surface area contributed by atoms with Crippen molar-refractivity contribution in [1.29, 1.82) is 0 Å². The van der Waals surface area contributed by atoms with Crippen molar-refractivity contribution in [3.8, 4) is 16.9 Å². The number of benzene rings is 2. The van der Waals surface area contributed by atoms with E-state index in [1.54, 1.807) is 7.11 Å². The Kier molecular flexibility index (Phi) is 3.65. The molecule has 1 aliphatic heterocycles. The Morgan fingerprint density at radius 2 is 1.86 bits per heavy atom. The molecule has 2 aromatic carbocycles. The van der Waals surface area contributed by atoms with Crippen LogP contribution in [0.1, 0.15) is 26.3 Å². The highest BCUT2D eigenvalue weighted by atomic mass is 35.5. The van der Waals surface area contributed by atoms with Gasteiger partial charge in [-0.25, -0.2) is 0 Å². The Hall–Kier alpha value is -1.93. The van der Waals surface area contributed by atoms with E-state index >= 15 is 0 Å². The van der Waals surface area contributed by atoms with Crippen LogP contribution in [0.3, 0.4) is 0 Å². The largest absolute Gasteiger partial charge is 0.495 e. The molecule has 114 valence electrons. The van der Waals surface area contributed by atoms with Gasteiger partial charge in [0.25, 0.3) is 0 Å². The maximum atomic E-state index is 6.45. The lowest BCUT2D eigenvalue weighted by molar-refractivity contribution is 0.415. The molecule has 0 aliphatic carbocycles. The molecule has 2 nitrogen and oxygen atoms in total. The predicted octanol–water partition coefficient (Wildman–Crippen LogP) is 5.62. The van der Waals surface area contributed by atoms with Crippen molar-refractivity contribution in [3.63, 3.8) is 0 Å². The molecule has 1 heterocycles. The van der Waals surface area contributed by atoms with Crippen LogP contribution in [0.25, 0.3) is 16.7 Å². The summed E-state index contributed by atoms with van der Waals surface area (Å²) in [4.78, 5) is 0. The van der Waals surface area contributed by atoms with E-state index < -0.39 is 0 Å². The van der Waals surface area contributed by atoms with Gasteiger partial charge in [0.05, 0.1) is 17.7 Å². The van der Waals surface area contributed by atoms with E-state index in [1.807, 2.05) is 18.2 Å². The van der Waals surface area contributed by atoms with E-state index in [4.69, 9.17) is 16.3 Å². The maximum absolute atomic E-state index is 6.45. The molecule has 22 heavy (non-hydrogen) atoms. The minimum absolute atomic E-state index is 0.0216. The molecule has 1 N–H and O–H groups in total. The van der Waals surface area contributed by atoms with Gasteiger partial charge in [0.2, 0.25) is 0 Å². The molecule has 0 aromatic heterocycles. The summed E-state index contributed by atoms with van der Waals surface area (Å²) >= 11 is 6.45. The maximum Gasteiger partial charge on any atom is 0.138 e. The van der Waals surface area contributed by atoms with Gasteiger partial charge in [0.15, 0.2) is 0 Å². The Balaban J connectivity index is 2.11. The zero-order valence-corrected chi connectivity index (χ0v) is 14.1. The molecule has 0 atom stereocenters. The molecule has 0 bridgehead atoms. The molecule has 0 saturated carbocycles. The summed E-state index contributed by atoms with van der Waals surface area (Å²) in [6.07, 6.45) is 2.26. The number of rotatable bonds is 2. The van der Waals surface area contributed by atoms with Crippen molar-refractivity contribution in [2.75, 3.05) is 12.4 Å². The van der Waals surface area contributed by atoms with E-state index in [2.05, 4.69) is 50.4 Å². The molecule has 3 rings (SSSR count). The average Bonchev–Trinajstić information content (AvgIpc) is 2.46. The summed E-state index contributed by atoms with van der Waals surface area (Å²) < 4.78 is 5.31. The van der Waals surface area contributed by atoms with Gasteiger partial charge < -0.3 is 10.1 Å². The average molecular weight is 314 g/mol. The first-order valence-corrected chi connectivity index (χ1v) is 7.74. The smallest absolute Gasteiger partial charge is 0.138 e. The molecule has 0 unspecified atom stereocenters. The van der Waals surface area contributed by atoms with Crippen LogP contribution in [0.15, 0.2) is 42.5 Å². The fourth-order valence-corrected chi connectivity index (χ4v) is 3.35. The Morgan fingerprint density at radius 3 is 2.59 bits per heavy atom. The SMILES string of the molecule is COc1cccc(-c2ccc3c(c2)C(C)=CC(C)(C)N3)c1Cl. The lowest BCUT2D eigenvalue weighted by Crippen LogP contribution is -2.31. The number of hydrogen-bond acceptors (Lipinski definition) is 2. The number of fused-ring (bicyclic) bond motifs is 1. The molecule has 0 amide bonds. The van der Waals surface area contributed by atoms with E-state index in [-0.39, 0.29) is 5.54 Å². The van der Waals surface area contributed by atoms with Gasteiger partial charge in [-0.15, -0.1) is 0 Å². The number of allylic oxidation sites excluding steroid dienone is 1. The van der Waals surface area contributed by atoms with Crippen LogP contribution in [0.4, 0.5) is 5.69 Å². The number of anilines is 1. The van der Waals surface area contributed by atoms with E-state index in [0.29, 0.717) is 10.8 Å². The Morgan fingerprint density at radius 1 is 1.09 bits per heavy atom. The second kappa shape index (κ2) is 5.36. The summed E-state index contributed by atoms with van der Waals surface area (Å²) in [5.74, 6) is 0.698. The van der Waals surface area contributed by atoms with Crippen LogP contribution < -0.4 is 10.1 Å². The van der Waals surface area contributed by atoms with Gasteiger partial charge >= 0.3 is 0 Å². The Bertz CT molecular complexity index is 762. The molecule has 0 spiro atoms. The third-order valence-corrected chi connectivity index (χ3v) is 4.36. The summed E-state index contributed by atoms with van der Waals surface area (Å²) in [5, 5.41) is 4.20. The van der Waals surface area contributed by atoms with Crippen LogP contribution in [-0.4, -0.2) is 12.6 Å². The highest BCUT2D eigenvalue weighted by molar-refractivity contribution is 6.34. The van der Waals surface area contributed by atoms with Gasteiger partial charge in [0, 0.05) is 16.8 Å². The van der Waals surface area contributed by atoms with Crippen molar-refractivity contribution in [2.45, 2.75) is 26.3 Å². The number of hydrogen-bond donors (Lipinski definition) is 1. The Labute approximate surface area is 136 Å². The molecule has 0 fully saturated rings. The second-order valence-corrected chi connectivity index (χ2v) is 6.63. The topological polar surface area (TPSA) is 21.3 Å². The number of methoxy groups -OCH3 is 1. The molecule has 1 aliphatic rings. The van der Waals surface area contributed by atoms with Crippen molar-refractivity contribution in [1.82, 2.24) is 0 Å². The van der Waals surface area contributed by atoms with Crippen molar-refractivity contribution in [2.24, 2.45) is 0 Å². The molecule has 0 radical (unpaired) electrons.